The van der Waals surface area contributed by atoms with Crippen molar-refractivity contribution in [3.8, 4) is 11.1 Å². The van der Waals surface area contributed by atoms with Crippen LogP contribution in [0.3, 0.4) is 0 Å². The highest BCUT2D eigenvalue weighted by Crippen LogP contribution is 2.24. The Hall–Kier alpha value is -1.82. The van der Waals surface area contributed by atoms with Gasteiger partial charge in [-0.15, -0.1) is 0 Å². The van der Waals surface area contributed by atoms with Crippen molar-refractivity contribution < 1.29 is 9.90 Å². The first-order valence-electron chi connectivity index (χ1n) is 6.58. The van der Waals surface area contributed by atoms with Crippen molar-refractivity contribution in [2.24, 2.45) is 0 Å². The number of carbonyl (C=O) groups is 1. The predicted octanol–water partition coefficient (Wildman–Crippen LogP) is 4.74. The number of aromatic carboxylic acids is 1. The van der Waals surface area contributed by atoms with E-state index in [2.05, 4.69) is 26.0 Å². The Morgan fingerprint density at radius 3 is 2.48 bits per heavy atom. The van der Waals surface area contributed by atoms with Gasteiger partial charge in [-0.2, -0.15) is 0 Å². The number of allylic oxidation sites excluding steroid dienone is 1. The molecule has 0 amide bonds. The highest BCUT2D eigenvalue weighted by atomic mass is 127. The fraction of sp³-hybridized carbons (Fsp3) is 0.118. The minimum atomic E-state index is -0.902. The molecule has 0 saturated heterocycles. The third-order valence-electron chi connectivity index (χ3n) is 3.07. The number of benzene rings is 2. The van der Waals surface area contributed by atoms with Crippen molar-refractivity contribution in [1.82, 2.24) is 3.11 Å². The second kappa shape index (κ2) is 7.26. The van der Waals surface area contributed by atoms with Crippen LogP contribution in [0.4, 0.5) is 0 Å². The van der Waals surface area contributed by atoms with Gasteiger partial charge < -0.3 is 8.22 Å². The smallest absolute Gasteiger partial charge is 0.336 e. The quantitative estimate of drug-likeness (QED) is 0.590. The summed E-state index contributed by atoms with van der Waals surface area (Å²) in [7, 11) is 0. The maximum absolute atomic E-state index is 11.3. The van der Waals surface area contributed by atoms with Crippen LogP contribution in [0.5, 0.6) is 0 Å². The number of rotatable bonds is 5. The van der Waals surface area contributed by atoms with Gasteiger partial charge in [0.05, 0.1) is 35.0 Å². The zero-order valence-corrected chi connectivity index (χ0v) is 13.8. The van der Waals surface area contributed by atoms with Crippen LogP contribution in [-0.4, -0.2) is 14.2 Å². The van der Waals surface area contributed by atoms with E-state index in [1.165, 1.54) is 5.56 Å². The van der Waals surface area contributed by atoms with Crippen LogP contribution in [0.1, 0.15) is 22.8 Å². The van der Waals surface area contributed by atoms with E-state index in [0.29, 0.717) is 5.56 Å². The maximum Gasteiger partial charge on any atom is 0.336 e. The summed E-state index contributed by atoms with van der Waals surface area (Å²) in [6.07, 6.45) is 4.00. The van der Waals surface area contributed by atoms with E-state index in [1.807, 2.05) is 55.6 Å². The Labute approximate surface area is 138 Å². The van der Waals surface area contributed by atoms with Gasteiger partial charge >= 0.3 is 5.97 Å². The molecule has 21 heavy (non-hydrogen) atoms. The van der Waals surface area contributed by atoms with Gasteiger partial charge in [-0.1, -0.05) is 48.5 Å². The molecule has 2 aromatic rings. The molecule has 2 aromatic carbocycles. The van der Waals surface area contributed by atoms with Gasteiger partial charge in [0.2, 0.25) is 0 Å². The van der Waals surface area contributed by atoms with E-state index in [4.69, 9.17) is 0 Å². The Morgan fingerprint density at radius 2 is 1.86 bits per heavy atom. The molecule has 0 bridgehead atoms. The highest BCUT2D eigenvalue weighted by Gasteiger charge is 2.10. The number of carboxylic acid groups (broad SMARTS) is 1. The van der Waals surface area contributed by atoms with Crippen molar-refractivity contribution in [3.63, 3.8) is 0 Å². The van der Waals surface area contributed by atoms with Gasteiger partial charge in [0.25, 0.3) is 0 Å². The fourth-order valence-corrected chi connectivity index (χ4v) is 2.82. The van der Waals surface area contributed by atoms with Gasteiger partial charge in [0.15, 0.2) is 0 Å². The molecule has 0 radical (unpaired) electrons. The fourth-order valence-electron chi connectivity index (χ4n) is 2.10. The SMILES string of the molecule is C/C=C/N(I)Cc1ccc(-c2ccccc2C(=O)O)cc1. The Bertz CT molecular complexity index is 650. The normalized spacial score (nSPS) is 10.8. The van der Waals surface area contributed by atoms with E-state index >= 15 is 0 Å². The third kappa shape index (κ3) is 4.07. The average molecular weight is 393 g/mol. The van der Waals surface area contributed by atoms with E-state index in [9.17, 15) is 9.90 Å². The Balaban J connectivity index is 2.25. The molecular formula is C17H16INO2. The van der Waals surface area contributed by atoms with Crippen LogP contribution in [0.15, 0.2) is 60.8 Å². The minimum Gasteiger partial charge on any atom is -0.478 e. The molecule has 1 N–H and O–H groups in total. The van der Waals surface area contributed by atoms with E-state index in [0.717, 1.165) is 17.7 Å². The first-order chi connectivity index (χ1) is 10.1. The molecule has 0 aliphatic heterocycles. The molecule has 0 saturated carbocycles. The molecule has 0 fully saturated rings. The molecular weight excluding hydrogens is 377 g/mol. The minimum absolute atomic E-state index is 0.328. The molecule has 0 heterocycles. The average Bonchev–Trinajstić information content (AvgIpc) is 2.48. The molecule has 108 valence electrons. The van der Waals surface area contributed by atoms with Crippen molar-refractivity contribution in [3.05, 3.63) is 71.9 Å². The summed E-state index contributed by atoms with van der Waals surface area (Å²) in [6.45, 7) is 2.79. The number of hydrogen-bond donors (Lipinski definition) is 1. The zero-order valence-electron chi connectivity index (χ0n) is 11.7. The molecule has 2 rings (SSSR count). The summed E-state index contributed by atoms with van der Waals surface area (Å²) in [4.78, 5) is 11.3. The summed E-state index contributed by atoms with van der Waals surface area (Å²) in [5, 5.41) is 9.24. The van der Waals surface area contributed by atoms with Crippen LogP contribution < -0.4 is 0 Å². The standard InChI is InChI=1S/C17H16INO2/c1-2-11-19(18)12-13-7-9-14(10-8-13)15-5-3-4-6-16(15)17(20)21/h2-11H,12H2,1H3,(H,20,21)/b11-2+. The van der Waals surface area contributed by atoms with Crippen molar-refractivity contribution in [2.45, 2.75) is 13.5 Å². The number of carboxylic acids is 1. The van der Waals surface area contributed by atoms with Crippen LogP contribution in [0.25, 0.3) is 11.1 Å². The van der Waals surface area contributed by atoms with Crippen LogP contribution in [-0.2, 0) is 6.54 Å². The van der Waals surface area contributed by atoms with Gasteiger partial charge in [-0.05, 0) is 29.7 Å². The second-order valence-electron chi connectivity index (χ2n) is 4.59. The molecule has 0 unspecified atom stereocenters. The zero-order chi connectivity index (χ0) is 15.2. The van der Waals surface area contributed by atoms with E-state index < -0.39 is 5.97 Å². The molecule has 0 aromatic heterocycles. The largest absolute Gasteiger partial charge is 0.478 e. The summed E-state index contributed by atoms with van der Waals surface area (Å²) >= 11 is 2.25. The maximum atomic E-state index is 11.3. The monoisotopic (exact) mass is 393 g/mol. The van der Waals surface area contributed by atoms with Crippen molar-refractivity contribution in [1.29, 1.82) is 0 Å². The molecule has 0 atom stereocenters. The summed E-state index contributed by atoms with van der Waals surface area (Å²) < 4.78 is 2.07. The van der Waals surface area contributed by atoms with Crippen LogP contribution in [0.2, 0.25) is 0 Å². The van der Waals surface area contributed by atoms with Gasteiger partial charge in [0.1, 0.15) is 0 Å². The van der Waals surface area contributed by atoms with Crippen molar-refractivity contribution >= 4 is 28.8 Å². The van der Waals surface area contributed by atoms with Gasteiger partial charge in [-0.25, -0.2) is 4.79 Å². The lowest BCUT2D eigenvalue weighted by Crippen LogP contribution is -2.02. The first kappa shape index (κ1) is 15.6. The first-order valence-corrected chi connectivity index (χ1v) is 7.55. The van der Waals surface area contributed by atoms with Gasteiger partial charge in [0, 0.05) is 6.20 Å². The lowest BCUT2D eigenvalue weighted by molar-refractivity contribution is 0.0697. The molecule has 3 nitrogen and oxygen atoms in total. The van der Waals surface area contributed by atoms with E-state index in [1.54, 1.807) is 12.1 Å². The Morgan fingerprint density at radius 1 is 1.19 bits per heavy atom. The van der Waals surface area contributed by atoms with Crippen molar-refractivity contribution in [2.75, 3.05) is 0 Å². The second-order valence-corrected chi connectivity index (χ2v) is 5.83. The number of halogens is 1. The predicted molar refractivity (Wildman–Crippen MR) is 93.2 cm³/mol. The highest BCUT2D eigenvalue weighted by molar-refractivity contribution is 14.1. The summed E-state index contributed by atoms with van der Waals surface area (Å²) in [5.74, 6) is -0.902. The Kier molecular flexibility index (Phi) is 5.38. The third-order valence-corrected chi connectivity index (χ3v) is 3.73. The molecule has 4 heteroatoms. The van der Waals surface area contributed by atoms with Gasteiger partial charge in [-0.3, -0.25) is 0 Å². The lowest BCUT2D eigenvalue weighted by atomic mass is 9.99. The molecule has 0 aliphatic carbocycles. The van der Waals surface area contributed by atoms with Crippen LogP contribution in [0, 0.1) is 0 Å². The van der Waals surface area contributed by atoms with Crippen LogP contribution >= 0.6 is 22.9 Å². The lowest BCUT2D eigenvalue weighted by Gasteiger charge is -2.12. The summed E-state index contributed by atoms with van der Waals surface area (Å²) in [6, 6.07) is 15.1. The van der Waals surface area contributed by atoms with E-state index in [-0.39, 0.29) is 0 Å². The molecule has 0 aliphatic rings. The number of nitrogens with zero attached hydrogens (tertiary/aromatic N) is 1. The molecule has 0 spiro atoms. The summed E-state index contributed by atoms with van der Waals surface area (Å²) in [5.41, 5.74) is 3.17. The topological polar surface area (TPSA) is 40.5 Å². The number of hydrogen-bond acceptors (Lipinski definition) is 2.